The number of pyridine rings is 1. The summed E-state index contributed by atoms with van der Waals surface area (Å²) in [7, 11) is 1.83. The molecule has 0 aliphatic carbocycles. The Morgan fingerprint density at radius 3 is 2.03 bits per heavy atom. The zero-order valence-corrected chi connectivity index (χ0v) is 16.9. The molecule has 0 amide bonds. The van der Waals surface area contributed by atoms with E-state index in [9.17, 15) is 8.78 Å². The molecular weight excluding hydrogens is 398 g/mol. The number of aryl methyl sites for hydroxylation is 2. The van der Waals surface area contributed by atoms with Gasteiger partial charge in [-0.1, -0.05) is 29.5 Å². The largest absolute Gasteiger partial charge is 0.317 e. The lowest BCUT2D eigenvalue weighted by molar-refractivity contribution is 0.620. The first-order chi connectivity index (χ1) is 15.0. The van der Waals surface area contributed by atoms with E-state index in [4.69, 9.17) is 0 Å². The Hall–Kier alpha value is -3.94. The van der Waals surface area contributed by atoms with E-state index in [-0.39, 0.29) is 17.7 Å². The van der Waals surface area contributed by atoms with Crippen LogP contribution in [0.2, 0.25) is 0 Å². The van der Waals surface area contributed by atoms with Crippen LogP contribution in [0.1, 0.15) is 22.9 Å². The number of fused-ring (bicyclic) bond motifs is 1. The molecule has 31 heavy (non-hydrogen) atoms. The highest BCUT2D eigenvalue weighted by Gasteiger charge is 2.21. The maximum atomic E-state index is 13.6. The second-order valence-corrected chi connectivity index (χ2v) is 7.37. The van der Waals surface area contributed by atoms with E-state index in [0.717, 1.165) is 33.6 Å². The van der Waals surface area contributed by atoms with E-state index in [1.54, 1.807) is 41.5 Å². The van der Waals surface area contributed by atoms with Crippen molar-refractivity contribution in [3.63, 3.8) is 0 Å². The molecule has 3 heterocycles. The summed E-state index contributed by atoms with van der Waals surface area (Å²) in [6.45, 7) is 1.89. The van der Waals surface area contributed by atoms with Crippen molar-refractivity contribution in [2.24, 2.45) is 7.05 Å². The van der Waals surface area contributed by atoms with Crippen LogP contribution in [0, 0.1) is 18.6 Å². The van der Waals surface area contributed by atoms with Crippen LogP contribution in [-0.2, 0) is 7.05 Å². The topological polar surface area (TPSA) is 61.4 Å². The summed E-state index contributed by atoms with van der Waals surface area (Å²) in [4.78, 5) is 8.98. The molecule has 0 saturated carbocycles. The maximum absolute atomic E-state index is 13.6. The SMILES string of the molecule is Cc1nnn(C)c1-c1cnc2ncn(C(c3ccc(F)cc3)c3ccc(F)cc3)c2c1. The fraction of sp³-hybridized carbons (Fsp3) is 0.130. The van der Waals surface area contributed by atoms with Gasteiger partial charge in [0.1, 0.15) is 11.6 Å². The number of rotatable bonds is 4. The first kappa shape index (κ1) is 19.0. The third-order valence-electron chi connectivity index (χ3n) is 5.35. The van der Waals surface area contributed by atoms with Crippen molar-refractivity contribution >= 4 is 11.2 Å². The second-order valence-electron chi connectivity index (χ2n) is 7.37. The molecule has 0 saturated heterocycles. The number of halogens is 2. The molecular formula is C23H18F2N6. The molecule has 0 aliphatic heterocycles. The Balaban J connectivity index is 1.72. The minimum absolute atomic E-state index is 0.319. The van der Waals surface area contributed by atoms with E-state index in [1.807, 2.05) is 24.6 Å². The van der Waals surface area contributed by atoms with Crippen molar-refractivity contribution < 1.29 is 8.78 Å². The zero-order valence-electron chi connectivity index (χ0n) is 16.9. The van der Waals surface area contributed by atoms with Gasteiger partial charge in [-0.3, -0.25) is 0 Å². The van der Waals surface area contributed by atoms with E-state index >= 15 is 0 Å². The highest BCUT2D eigenvalue weighted by atomic mass is 19.1. The molecule has 0 unspecified atom stereocenters. The molecule has 0 bridgehead atoms. The summed E-state index contributed by atoms with van der Waals surface area (Å²) < 4.78 is 30.9. The van der Waals surface area contributed by atoms with Gasteiger partial charge in [0.25, 0.3) is 0 Å². The average Bonchev–Trinajstić information content (AvgIpc) is 3.33. The predicted octanol–water partition coefficient (Wildman–Crippen LogP) is 4.45. The smallest absolute Gasteiger partial charge is 0.177 e. The van der Waals surface area contributed by atoms with Gasteiger partial charge in [0.15, 0.2) is 5.65 Å². The van der Waals surface area contributed by atoms with Gasteiger partial charge in [0.2, 0.25) is 0 Å². The zero-order chi connectivity index (χ0) is 21.5. The summed E-state index contributed by atoms with van der Waals surface area (Å²) in [6.07, 6.45) is 3.45. The minimum atomic E-state index is -0.339. The van der Waals surface area contributed by atoms with Crippen LogP contribution in [0.5, 0.6) is 0 Å². The van der Waals surface area contributed by atoms with Crippen molar-refractivity contribution in [3.05, 3.63) is 95.6 Å². The maximum Gasteiger partial charge on any atom is 0.177 e. The standard InChI is InChI=1S/C23H18F2N6/c1-14-21(30(2)29-28-14)17-11-20-23(26-12-17)27-13-31(20)22(15-3-7-18(24)8-4-15)16-5-9-19(25)10-6-16/h3-13,22H,1-2H3. The van der Waals surface area contributed by atoms with Gasteiger partial charge >= 0.3 is 0 Å². The average molecular weight is 416 g/mol. The van der Waals surface area contributed by atoms with Crippen LogP contribution in [0.15, 0.2) is 67.1 Å². The molecule has 5 aromatic rings. The van der Waals surface area contributed by atoms with Crippen molar-refractivity contribution in [1.82, 2.24) is 29.5 Å². The van der Waals surface area contributed by atoms with Crippen molar-refractivity contribution in [2.45, 2.75) is 13.0 Å². The number of benzene rings is 2. The molecule has 2 aromatic carbocycles. The Morgan fingerprint density at radius 2 is 1.48 bits per heavy atom. The van der Waals surface area contributed by atoms with Crippen molar-refractivity contribution in [2.75, 3.05) is 0 Å². The molecule has 8 heteroatoms. The fourth-order valence-corrected chi connectivity index (χ4v) is 3.91. The minimum Gasteiger partial charge on any atom is -0.317 e. The van der Waals surface area contributed by atoms with Gasteiger partial charge in [-0.05, 0) is 48.4 Å². The lowest BCUT2D eigenvalue weighted by Gasteiger charge is -2.21. The molecule has 0 radical (unpaired) electrons. The third kappa shape index (κ3) is 3.35. The Kier molecular flexibility index (Phi) is 4.54. The van der Waals surface area contributed by atoms with Crippen molar-refractivity contribution in [1.29, 1.82) is 0 Å². The Morgan fingerprint density at radius 1 is 0.871 bits per heavy atom. The van der Waals surface area contributed by atoms with E-state index in [0.29, 0.717) is 5.65 Å². The molecule has 6 nitrogen and oxygen atoms in total. The second kappa shape index (κ2) is 7.39. The number of hydrogen-bond acceptors (Lipinski definition) is 4. The van der Waals surface area contributed by atoms with Gasteiger partial charge in [-0.2, -0.15) is 0 Å². The third-order valence-corrected chi connectivity index (χ3v) is 5.35. The lowest BCUT2D eigenvalue weighted by atomic mass is 9.98. The molecule has 3 aromatic heterocycles. The van der Waals surface area contributed by atoms with Gasteiger partial charge in [-0.15, -0.1) is 5.10 Å². The highest BCUT2D eigenvalue weighted by molar-refractivity contribution is 5.78. The molecule has 0 aliphatic rings. The number of nitrogens with zero attached hydrogens (tertiary/aromatic N) is 6. The molecule has 154 valence electrons. The summed E-state index contributed by atoms with van der Waals surface area (Å²) in [6, 6.07) is 14.2. The normalized spacial score (nSPS) is 11.5. The predicted molar refractivity (Wildman–Crippen MR) is 112 cm³/mol. The first-order valence-corrected chi connectivity index (χ1v) is 9.71. The molecule has 5 rings (SSSR count). The quantitative estimate of drug-likeness (QED) is 0.434. The van der Waals surface area contributed by atoms with Crippen LogP contribution in [0.3, 0.4) is 0 Å². The number of aromatic nitrogens is 6. The van der Waals surface area contributed by atoms with Crippen LogP contribution < -0.4 is 0 Å². The van der Waals surface area contributed by atoms with E-state index in [1.165, 1.54) is 24.3 Å². The molecule has 0 spiro atoms. The Labute approximate surface area is 176 Å². The summed E-state index contributed by atoms with van der Waals surface area (Å²) >= 11 is 0. The summed E-state index contributed by atoms with van der Waals surface area (Å²) in [5, 5.41) is 8.20. The first-order valence-electron chi connectivity index (χ1n) is 9.71. The van der Waals surface area contributed by atoms with Crippen molar-refractivity contribution in [3.8, 4) is 11.3 Å². The van der Waals surface area contributed by atoms with Gasteiger partial charge < -0.3 is 4.57 Å². The van der Waals surface area contributed by atoms with Crippen LogP contribution in [0.25, 0.3) is 22.4 Å². The van der Waals surface area contributed by atoms with Crippen LogP contribution in [-0.4, -0.2) is 29.5 Å². The summed E-state index contributed by atoms with van der Waals surface area (Å²) in [5.41, 5.74) is 5.57. The molecule has 0 fully saturated rings. The number of hydrogen-bond donors (Lipinski definition) is 0. The summed E-state index contributed by atoms with van der Waals surface area (Å²) in [5.74, 6) is -0.638. The number of imidazole rings is 1. The van der Waals surface area contributed by atoms with Gasteiger partial charge in [0, 0.05) is 18.8 Å². The van der Waals surface area contributed by atoms with Crippen LogP contribution in [0.4, 0.5) is 8.78 Å². The van der Waals surface area contributed by atoms with Gasteiger partial charge in [-0.25, -0.2) is 23.4 Å². The fourth-order valence-electron chi connectivity index (χ4n) is 3.91. The molecule has 0 atom stereocenters. The molecule has 0 N–H and O–H groups in total. The monoisotopic (exact) mass is 416 g/mol. The van der Waals surface area contributed by atoms with E-state index < -0.39 is 0 Å². The van der Waals surface area contributed by atoms with E-state index in [2.05, 4.69) is 20.3 Å². The van der Waals surface area contributed by atoms with Gasteiger partial charge in [0.05, 0.1) is 29.3 Å². The Bertz CT molecular complexity index is 1310. The van der Waals surface area contributed by atoms with Crippen LogP contribution >= 0.6 is 0 Å². The lowest BCUT2D eigenvalue weighted by Crippen LogP contribution is -2.12. The highest BCUT2D eigenvalue weighted by Crippen LogP contribution is 2.32.